The summed E-state index contributed by atoms with van der Waals surface area (Å²) in [5.41, 5.74) is 8.81. The minimum atomic E-state index is 0. The molecule has 2 heterocycles. The van der Waals surface area contributed by atoms with Crippen molar-refractivity contribution in [3.05, 3.63) is 51.5 Å². The molecule has 2 aliphatic carbocycles. The van der Waals surface area contributed by atoms with Crippen molar-refractivity contribution in [3.63, 3.8) is 0 Å². The normalized spacial score (nSPS) is 21.4. The first-order chi connectivity index (χ1) is 12.6. The summed E-state index contributed by atoms with van der Waals surface area (Å²) in [6.45, 7) is 7.01. The van der Waals surface area contributed by atoms with Gasteiger partial charge in [0, 0.05) is 16.0 Å². The second-order valence-electron chi connectivity index (χ2n) is 8.66. The number of halogens is 1. The van der Waals surface area contributed by atoms with E-state index in [0.29, 0.717) is 0 Å². The summed E-state index contributed by atoms with van der Waals surface area (Å²) in [4.78, 5) is 8.11. The number of benzene rings is 1. The van der Waals surface area contributed by atoms with Crippen LogP contribution >= 0.6 is 23.7 Å². The molecule has 1 aromatic carbocycles. The third-order valence-electron chi connectivity index (χ3n) is 6.36. The Morgan fingerprint density at radius 3 is 2.59 bits per heavy atom. The van der Waals surface area contributed by atoms with Gasteiger partial charge in [0.2, 0.25) is 0 Å². The lowest BCUT2D eigenvalue weighted by molar-refractivity contribution is 0.496. The molecule has 2 unspecified atom stereocenters. The molecule has 2 aliphatic rings. The third kappa shape index (κ3) is 3.21. The molecule has 2 aromatic heterocycles. The summed E-state index contributed by atoms with van der Waals surface area (Å²) in [6, 6.07) is 9.12. The summed E-state index contributed by atoms with van der Waals surface area (Å²) in [6.07, 6.45) is 7.39. The number of hydrogen-bond donors (Lipinski definition) is 0. The highest BCUT2D eigenvalue weighted by Crippen LogP contribution is 2.45. The van der Waals surface area contributed by atoms with E-state index < -0.39 is 0 Å². The van der Waals surface area contributed by atoms with Gasteiger partial charge in [-0.15, -0.1) is 23.7 Å². The van der Waals surface area contributed by atoms with Crippen LogP contribution in [0, 0.1) is 18.8 Å². The van der Waals surface area contributed by atoms with Gasteiger partial charge in [0.25, 0.3) is 0 Å². The van der Waals surface area contributed by atoms with E-state index in [1.807, 2.05) is 11.3 Å². The summed E-state index contributed by atoms with van der Waals surface area (Å²) < 4.78 is 0. The summed E-state index contributed by atoms with van der Waals surface area (Å²) in [7, 11) is 0. The second kappa shape index (κ2) is 7.22. The molecule has 1 nitrogen and oxygen atoms in total. The summed E-state index contributed by atoms with van der Waals surface area (Å²) >= 11 is 1.98. The summed E-state index contributed by atoms with van der Waals surface area (Å²) in [5.74, 6) is 1.58. The number of nitrogens with zero attached hydrogens (tertiary/aromatic N) is 1. The van der Waals surface area contributed by atoms with Gasteiger partial charge in [-0.1, -0.05) is 43.7 Å². The van der Waals surface area contributed by atoms with Crippen LogP contribution in [-0.2, 0) is 25.7 Å². The van der Waals surface area contributed by atoms with E-state index in [4.69, 9.17) is 4.98 Å². The van der Waals surface area contributed by atoms with Crippen LogP contribution in [0.3, 0.4) is 0 Å². The van der Waals surface area contributed by atoms with Crippen LogP contribution in [0.5, 0.6) is 0 Å². The van der Waals surface area contributed by atoms with E-state index in [-0.39, 0.29) is 12.4 Å². The molecule has 0 spiro atoms. The molecular weight excluding hydrogens is 370 g/mol. The van der Waals surface area contributed by atoms with Crippen molar-refractivity contribution in [2.45, 2.75) is 59.3 Å². The Bertz CT molecular complexity index is 1000. The van der Waals surface area contributed by atoms with Gasteiger partial charge in [-0.25, -0.2) is 4.98 Å². The number of rotatable bonds is 1. The molecule has 0 aliphatic heterocycles. The fourth-order valence-electron chi connectivity index (χ4n) is 4.94. The Kier molecular flexibility index (Phi) is 5.07. The molecule has 0 N–H and O–H groups in total. The van der Waals surface area contributed by atoms with Gasteiger partial charge < -0.3 is 0 Å². The van der Waals surface area contributed by atoms with Crippen LogP contribution in [-0.4, -0.2) is 4.98 Å². The topological polar surface area (TPSA) is 12.9 Å². The lowest BCUT2D eigenvalue weighted by atomic mass is 9.80. The first kappa shape index (κ1) is 19.0. The monoisotopic (exact) mass is 397 g/mol. The predicted molar refractivity (Wildman–Crippen MR) is 119 cm³/mol. The average Bonchev–Trinajstić information content (AvgIpc) is 2.96. The largest absolute Gasteiger partial charge is 0.242 e. The van der Waals surface area contributed by atoms with Crippen LogP contribution in [0.1, 0.15) is 54.0 Å². The van der Waals surface area contributed by atoms with Gasteiger partial charge >= 0.3 is 0 Å². The van der Waals surface area contributed by atoms with E-state index >= 15 is 0 Å². The molecule has 0 bridgehead atoms. The molecule has 3 heteroatoms. The quantitative estimate of drug-likeness (QED) is 0.433. The molecule has 0 saturated carbocycles. The van der Waals surface area contributed by atoms with Gasteiger partial charge in [0.1, 0.15) is 4.83 Å². The number of pyridine rings is 1. The smallest absolute Gasteiger partial charge is 0.124 e. The lowest BCUT2D eigenvalue weighted by Gasteiger charge is -2.25. The fourth-order valence-corrected chi connectivity index (χ4v) is 6.35. The van der Waals surface area contributed by atoms with Gasteiger partial charge in [-0.05, 0) is 79.5 Å². The molecule has 0 amide bonds. The molecule has 0 saturated heterocycles. The zero-order valence-corrected chi connectivity index (χ0v) is 18.1. The van der Waals surface area contributed by atoms with E-state index in [9.17, 15) is 0 Å². The van der Waals surface area contributed by atoms with Crippen LogP contribution in [0.15, 0.2) is 24.3 Å². The Labute approximate surface area is 172 Å². The number of aryl methyl sites for hydroxylation is 3. The van der Waals surface area contributed by atoms with Crippen LogP contribution in [0.4, 0.5) is 0 Å². The second-order valence-corrected chi connectivity index (χ2v) is 9.75. The van der Waals surface area contributed by atoms with Crippen molar-refractivity contribution in [3.8, 4) is 11.1 Å². The number of hydrogen-bond acceptors (Lipinski definition) is 2. The molecule has 3 aromatic rings. The van der Waals surface area contributed by atoms with Crippen molar-refractivity contribution in [1.29, 1.82) is 0 Å². The minimum absolute atomic E-state index is 0. The fraction of sp³-hybridized carbons (Fsp3) is 0.458. The number of aromatic nitrogens is 1. The first-order valence-electron chi connectivity index (χ1n) is 10.1. The van der Waals surface area contributed by atoms with Crippen LogP contribution in [0.25, 0.3) is 21.3 Å². The Balaban J connectivity index is 0.00000180. The Morgan fingerprint density at radius 2 is 1.78 bits per heavy atom. The van der Waals surface area contributed by atoms with Gasteiger partial charge in [-0.2, -0.15) is 0 Å². The minimum Gasteiger partial charge on any atom is -0.242 e. The molecule has 2 atom stereocenters. The maximum absolute atomic E-state index is 5.21. The number of thiophene rings is 1. The Morgan fingerprint density at radius 1 is 1.00 bits per heavy atom. The van der Waals surface area contributed by atoms with Gasteiger partial charge in [-0.3, -0.25) is 0 Å². The summed E-state index contributed by atoms with van der Waals surface area (Å²) in [5, 5.41) is 1.50. The molecule has 0 fully saturated rings. The lowest BCUT2D eigenvalue weighted by Crippen LogP contribution is -2.15. The maximum atomic E-state index is 5.21. The zero-order valence-electron chi connectivity index (χ0n) is 16.5. The van der Waals surface area contributed by atoms with Crippen molar-refractivity contribution in [2.75, 3.05) is 0 Å². The first-order valence-corrected chi connectivity index (χ1v) is 10.9. The average molecular weight is 398 g/mol. The van der Waals surface area contributed by atoms with Crippen LogP contribution < -0.4 is 0 Å². The number of fused-ring (bicyclic) bond motifs is 4. The maximum Gasteiger partial charge on any atom is 0.124 e. The van der Waals surface area contributed by atoms with Crippen molar-refractivity contribution < 1.29 is 0 Å². The van der Waals surface area contributed by atoms with Crippen LogP contribution in [0.2, 0.25) is 0 Å². The molecule has 27 heavy (non-hydrogen) atoms. The highest BCUT2D eigenvalue weighted by atomic mass is 35.5. The third-order valence-corrected chi connectivity index (χ3v) is 7.51. The van der Waals surface area contributed by atoms with Crippen molar-refractivity contribution in [2.24, 2.45) is 11.8 Å². The van der Waals surface area contributed by atoms with Gasteiger partial charge in [0.05, 0.1) is 0 Å². The molecule has 0 radical (unpaired) electrons. The van der Waals surface area contributed by atoms with E-state index in [0.717, 1.165) is 18.3 Å². The highest BCUT2D eigenvalue weighted by Gasteiger charge is 2.28. The van der Waals surface area contributed by atoms with E-state index in [2.05, 4.69) is 45.0 Å². The molecular formula is C24H28ClNS. The molecule has 5 rings (SSSR count). The Hall–Kier alpha value is -1.38. The van der Waals surface area contributed by atoms with E-state index in [1.54, 1.807) is 16.0 Å². The van der Waals surface area contributed by atoms with Crippen molar-refractivity contribution in [1.82, 2.24) is 4.98 Å². The molecule has 142 valence electrons. The zero-order chi connectivity index (χ0) is 17.8. The SMILES string of the molecule is Cc1cccc(-c2c3c(nc4sc5c(c24)CCC(C)C5)CCC(C)C3)c1.Cl. The van der Waals surface area contributed by atoms with E-state index in [1.165, 1.54) is 64.7 Å². The predicted octanol–water partition coefficient (Wildman–Crippen LogP) is 6.94. The highest BCUT2D eigenvalue weighted by molar-refractivity contribution is 7.19. The standard InChI is InChI=1S/C24H27NS.ClH/c1-14-5-4-6-17(11-14)22-19-12-15(2)8-10-20(19)25-24-23(22)18-9-7-16(3)13-21(18)26-24;/h4-6,11,15-16H,7-10,12-13H2,1-3H3;1H. The van der Waals surface area contributed by atoms with Crippen molar-refractivity contribution >= 4 is 34.0 Å². The van der Waals surface area contributed by atoms with Gasteiger partial charge in [0.15, 0.2) is 0 Å².